The van der Waals surface area contributed by atoms with E-state index in [4.69, 9.17) is 4.42 Å². The smallest absolute Gasteiger partial charge is 0.143 e. The van der Waals surface area contributed by atoms with Crippen LogP contribution in [0.1, 0.15) is 0 Å². The number of nitrogens with zero attached hydrogens (tertiary/aromatic N) is 2. The zero-order valence-corrected chi connectivity index (χ0v) is 26.6. The number of benzene rings is 8. The first-order chi connectivity index (χ1) is 24.3. The lowest BCUT2D eigenvalue weighted by atomic mass is 10.0. The Morgan fingerprint density at radius 2 is 1.10 bits per heavy atom. The molecule has 0 aliphatic carbocycles. The summed E-state index contributed by atoms with van der Waals surface area (Å²) in [5.74, 6) is 0. The van der Waals surface area contributed by atoms with Crippen molar-refractivity contribution >= 4 is 71.6 Å². The summed E-state index contributed by atoms with van der Waals surface area (Å²) in [6, 6.07) is 64.9. The molecule has 2 heterocycles. The first-order valence-corrected chi connectivity index (χ1v) is 16.7. The van der Waals surface area contributed by atoms with Crippen LogP contribution in [-0.2, 0) is 0 Å². The predicted octanol–water partition coefficient (Wildman–Crippen LogP) is 13.0. The third-order valence-electron chi connectivity index (χ3n) is 9.77. The number of fused-ring (bicyclic) bond motifs is 8. The van der Waals surface area contributed by atoms with Crippen molar-refractivity contribution in [1.29, 1.82) is 0 Å². The standard InChI is InChI=1S/C46H30N2O/c1-3-13-34(14-4-1)47(42-20-11-21-43-45(42)39-18-9-10-19-41(39)48(43)35-15-5-2-6-16-35)36-26-22-31(23-27-36)33-25-29-44-40(30-33)38-28-24-32-12-7-8-17-37(32)46(38)49-44/h1-30H. The average Bonchev–Trinajstić information content (AvgIpc) is 3.72. The van der Waals surface area contributed by atoms with Crippen molar-refractivity contribution in [3.63, 3.8) is 0 Å². The molecule has 0 N–H and O–H groups in total. The maximum Gasteiger partial charge on any atom is 0.143 e. The van der Waals surface area contributed by atoms with Crippen LogP contribution in [0.2, 0.25) is 0 Å². The van der Waals surface area contributed by atoms with Crippen molar-refractivity contribution in [2.24, 2.45) is 0 Å². The van der Waals surface area contributed by atoms with E-state index in [-0.39, 0.29) is 0 Å². The van der Waals surface area contributed by atoms with Crippen LogP contribution in [0.4, 0.5) is 17.1 Å². The number of para-hydroxylation sites is 3. The fourth-order valence-electron chi connectivity index (χ4n) is 7.53. The Kier molecular flexibility index (Phi) is 6.18. The highest BCUT2D eigenvalue weighted by Gasteiger charge is 2.21. The second kappa shape index (κ2) is 11.0. The molecule has 0 saturated heterocycles. The summed E-state index contributed by atoms with van der Waals surface area (Å²) >= 11 is 0. The Morgan fingerprint density at radius 1 is 0.429 bits per heavy atom. The first-order valence-electron chi connectivity index (χ1n) is 16.7. The van der Waals surface area contributed by atoms with Gasteiger partial charge in [0.25, 0.3) is 0 Å². The van der Waals surface area contributed by atoms with Crippen molar-refractivity contribution < 1.29 is 4.42 Å². The molecule has 10 aromatic rings. The molecule has 0 spiro atoms. The first kappa shape index (κ1) is 27.5. The third-order valence-corrected chi connectivity index (χ3v) is 9.77. The molecule has 0 aliphatic heterocycles. The number of aromatic nitrogens is 1. The SMILES string of the molecule is c1ccc(N(c2ccc(-c3ccc4oc5c6ccccc6ccc5c4c3)cc2)c2cccc3c2c2ccccc2n3-c2ccccc2)cc1. The fraction of sp³-hybridized carbons (Fsp3) is 0. The summed E-state index contributed by atoms with van der Waals surface area (Å²) in [6.07, 6.45) is 0. The van der Waals surface area contributed by atoms with E-state index in [2.05, 4.69) is 191 Å². The topological polar surface area (TPSA) is 21.3 Å². The number of hydrogen-bond donors (Lipinski definition) is 0. The summed E-state index contributed by atoms with van der Waals surface area (Å²) in [6.45, 7) is 0. The van der Waals surface area contributed by atoms with E-state index in [0.29, 0.717) is 0 Å². The van der Waals surface area contributed by atoms with Crippen LogP contribution in [0.3, 0.4) is 0 Å². The number of anilines is 3. The van der Waals surface area contributed by atoms with Gasteiger partial charge in [-0.05, 0) is 89.3 Å². The van der Waals surface area contributed by atoms with Crippen molar-refractivity contribution in [2.75, 3.05) is 4.90 Å². The fourth-order valence-corrected chi connectivity index (χ4v) is 7.53. The Balaban J connectivity index is 1.12. The number of furan rings is 1. The Labute approximate surface area is 283 Å². The summed E-state index contributed by atoms with van der Waals surface area (Å²) in [7, 11) is 0. The summed E-state index contributed by atoms with van der Waals surface area (Å²) < 4.78 is 8.77. The molecular weight excluding hydrogens is 597 g/mol. The van der Waals surface area contributed by atoms with E-state index >= 15 is 0 Å². The zero-order valence-electron chi connectivity index (χ0n) is 26.6. The summed E-state index contributed by atoms with van der Waals surface area (Å²) in [5, 5.41) is 7.06. The minimum atomic E-state index is 0.907. The number of rotatable bonds is 5. The molecule has 0 radical (unpaired) electrons. The van der Waals surface area contributed by atoms with Crippen LogP contribution in [0.5, 0.6) is 0 Å². The quantitative estimate of drug-likeness (QED) is 0.190. The van der Waals surface area contributed by atoms with Crippen molar-refractivity contribution in [2.45, 2.75) is 0 Å². The molecule has 2 aromatic heterocycles. The molecular formula is C46H30N2O. The summed E-state index contributed by atoms with van der Waals surface area (Å²) in [5.41, 5.74) is 11.0. The predicted molar refractivity (Wildman–Crippen MR) is 206 cm³/mol. The molecule has 0 fully saturated rings. The lowest BCUT2D eigenvalue weighted by molar-refractivity contribution is 0.672. The molecule has 0 atom stereocenters. The highest BCUT2D eigenvalue weighted by Crippen LogP contribution is 2.44. The van der Waals surface area contributed by atoms with Gasteiger partial charge in [0.1, 0.15) is 11.2 Å². The molecule has 230 valence electrons. The van der Waals surface area contributed by atoms with E-state index < -0.39 is 0 Å². The van der Waals surface area contributed by atoms with E-state index in [0.717, 1.165) is 61.2 Å². The lowest BCUT2D eigenvalue weighted by Crippen LogP contribution is -2.10. The average molecular weight is 627 g/mol. The van der Waals surface area contributed by atoms with Gasteiger partial charge in [0.2, 0.25) is 0 Å². The molecule has 10 rings (SSSR count). The van der Waals surface area contributed by atoms with Crippen molar-refractivity contribution in [3.05, 3.63) is 182 Å². The molecule has 8 aromatic carbocycles. The molecule has 0 aliphatic rings. The minimum absolute atomic E-state index is 0.907. The molecule has 0 saturated carbocycles. The van der Waals surface area contributed by atoms with E-state index in [1.54, 1.807) is 0 Å². The van der Waals surface area contributed by atoms with Crippen LogP contribution < -0.4 is 4.90 Å². The molecule has 0 bridgehead atoms. The largest absolute Gasteiger partial charge is 0.455 e. The van der Waals surface area contributed by atoms with Gasteiger partial charge in [0.15, 0.2) is 0 Å². The maximum atomic E-state index is 6.39. The Morgan fingerprint density at radius 3 is 1.94 bits per heavy atom. The normalized spacial score (nSPS) is 11.7. The maximum absolute atomic E-state index is 6.39. The van der Waals surface area contributed by atoms with Crippen molar-refractivity contribution in [1.82, 2.24) is 4.57 Å². The van der Waals surface area contributed by atoms with Gasteiger partial charge in [-0.3, -0.25) is 0 Å². The highest BCUT2D eigenvalue weighted by molar-refractivity contribution is 6.17. The van der Waals surface area contributed by atoms with Gasteiger partial charge in [0, 0.05) is 44.0 Å². The van der Waals surface area contributed by atoms with Crippen LogP contribution in [0.25, 0.3) is 71.3 Å². The van der Waals surface area contributed by atoms with E-state index in [1.165, 1.54) is 27.2 Å². The minimum Gasteiger partial charge on any atom is -0.455 e. The van der Waals surface area contributed by atoms with Crippen molar-refractivity contribution in [3.8, 4) is 16.8 Å². The molecule has 0 unspecified atom stereocenters. The highest BCUT2D eigenvalue weighted by atomic mass is 16.3. The van der Waals surface area contributed by atoms with Gasteiger partial charge in [-0.2, -0.15) is 0 Å². The van der Waals surface area contributed by atoms with Crippen LogP contribution in [0.15, 0.2) is 186 Å². The van der Waals surface area contributed by atoms with E-state index in [9.17, 15) is 0 Å². The lowest BCUT2D eigenvalue weighted by Gasteiger charge is -2.26. The Hall–Kier alpha value is -6.58. The molecule has 3 heteroatoms. The summed E-state index contributed by atoms with van der Waals surface area (Å²) in [4.78, 5) is 2.38. The van der Waals surface area contributed by atoms with Crippen LogP contribution in [0, 0.1) is 0 Å². The van der Waals surface area contributed by atoms with Crippen LogP contribution in [-0.4, -0.2) is 4.57 Å². The Bertz CT molecular complexity index is 2810. The number of hydrogen-bond acceptors (Lipinski definition) is 2. The van der Waals surface area contributed by atoms with Crippen LogP contribution >= 0.6 is 0 Å². The molecule has 49 heavy (non-hydrogen) atoms. The zero-order chi connectivity index (χ0) is 32.3. The van der Waals surface area contributed by atoms with Gasteiger partial charge in [-0.25, -0.2) is 0 Å². The van der Waals surface area contributed by atoms with Gasteiger partial charge < -0.3 is 13.9 Å². The second-order valence-electron chi connectivity index (χ2n) is 12.6. The van der Waals surface area contributed by atoms with Gasteiger partial charge in [-0.1, -0.05) is 109 Å². The molecule has 3 nitrogen and oxygen atoms in total. The van der Waals surface area contributed by atoms with Gasteiger partial charge in [-0.15, -0.1) is 0 Å². The second-order valence-corrected chi connectivity index (χ2v) is 12.6. The third kappa shape index (κ3) is 4.37. The van der Waals surface area contributed by atoms with Gasteiger partial charge >= 0.3 is 0 Å². The molecule has 0 amide bonds. The monoisotopic (exact) mass is 626 g/mol. The van der Waals surface area contributed by atoms with E-state index in [1.807, 2.05) is 0 Å². The van der Waals surface area contributed by atoms with Gasteiger partial charge in [0.05, 0.1) is 16.7 Å².